The number of hydrogen-bond donors (Lipinski definition) is 1. The second kappa shape index (κ2) is 7.89. The fourth-order valence-electron chi connectivity index (χ4n) is 3.27. The number of rotatable bonds is 4. The van der Waals surface area contributed by atoms with Crippen LogP contribution in [0, 0.1) is 6.92 Å². The Morgan fingerprint density at radius 2 is 1.63 bits per heavy atom. The average molecular weight is 431 g/mol. The van der Waals surface area contributed by atoms with Crippen molar-refractivity contribution in [3.8, 4) is 0 Å². The van der Waals surface area contributed by atoms with Crippen molar-refractivity contribution in [3.63, 3.8) is 0 Å². The summed E-state index contributed by atoms with van der Waals surface area (Å²) in [6.07, 6.45) is 1.06. The molecule has 2 N–H and O–H groups in total. The minimum atomic E-state index is -3.84. The number of nitrogens with two attached hydrogens (primary N) is 1. The highest BCUT2D eigenvalue weighted by Crippen LogP contribution is 2.32. The molecule has 0 saturated carbocycles. The lowest BCUT2D eigenvalue weighted by Gasteiger charge is -2.18. The zero-order valence-corrected chi connectivity index (χ0v) is 17.5. The van der Waals surface area contributed by atoms with Gasteiger partial charge in [-0.25, -0.2) is 16.8 Å². The number of sulfonamides is 1. The van der Waals surface area contributed by atoms with Gasteiger partial charge in [0.2, 0.25) is 10.0 Å². The van der Waals surface area contributed by atoms with Crippen LogP contribution in [0.4, 0.5) is 0 Å². The third-order valence-corrected chi connectivity index (χ3v) is 7.85. The molecule has 27 heavy (non-hydrogen) atoms. The topological polar surface area (TPSA) is 97.5 Å². The lowest BCUT2D eigenvalue weighted by molar-refractivity contribution is 0.469. The van der Waals surface area contributed by atoms with Gasteiger partial charge in [0.05, 0.1) is 9.79 Å². The maximum Gasteiger partial charge on any atom is 0.243 e. The maximum absolute atomic E-state index is 13.1. The molecule has 0 unspecified atom stereocenters. The van der Waals surface area contributed by atoms with Crippen LogP contribution in [-0.2, 0) is 19.9 Å². The van der Waals surface area contributed by atoms with E-state index in [1.54, 1.807) is 6.92 Å². The number of hydrogen-bond acceptors (Lipinski definition) is 5. The van der Waals surface area contributed by atoms with E-state index in [1.807, 2.05) is 30.3 Å². The molecule has 0 aliphatic carbocycles. The molecule has 1 saturated heterocycles. The predicted octanol–water partition coefficient (Wildman–Crippen LogP) is 1.94. The number of benzene rings is 2. The van der Waals surface area contributed by atoms with Crippen molar-refractivity contribution < 1.29 is 16.8 Å². The SMILES string of the molecule is Cc1ccc(S(C)(=O)=O)cc1S(=O)(=O)N1C[C@@H](N)[C@H](c2ccccc2)C1.Cl. The third kappa shape index (κ3) is 4.35. The molecule has 9 heteroatoms. The molecule has 0 aromatic heterocycles. The molecular weight excluding hydrogens is 408 g/mol. The van der Waals surface area contributed by atoms with E-state index in [0.717, 1.165) is 11.8 Å². The second-order valence-corrected chi connectivity index (χ2v) is 10.6. The van der Waals surface area contributed by atoms with Crippen LogP contribution in [0.3, 0.4) is 0 Å². The lowest BCUT2D eigenvalue weighted by Crippen LogP contribution is -2.32. The third-order valence-electron chi connectivity index (χ3n) is 4.76. The summed E-state index contributed by atoms with van der Waals surface area (Å²) in [6, 6.07) is 13.5. The Kier molecular flexibility index (Phi) is 6.38. The minimum Gasteiger partial charge on any atom is -0.326 e. The summed E-state index contributed by atoms with van der Waals surface area (Å²) in [5, 5.41) is 0. The highest BCUT2D eigenvalue weighted by Gasteiger charge is 2.39. The lowest BCUT2D eigenvalue weighted by atomic mass is 9.95. The van der Waals surface area contributed by atoms with E-state index in [-0.39, 0.29) is 47.2 Å². The molecule has 0 spiro atoms. The van der Waals surface area contributed by atoms with E-state index in [9.17, 15) is 16.8 Å². The molecule has 2 aromatic rings. The summed E-state index contributed by atoms with van der Waals surface area (Å²) in [5.74, 6) is -0.0932. The molecule has 3 rings (SSSR count). The van der Waals surface area contributed by atoms with Crippen LogP contribution >= 0.6 is 12.4 Å². The van der Waals surface area contributed by atoms with Gasteiger partial charge in [-0.2, -0.15) is 4.31 Å². The van der Waals surface area contributed by atoms with Gasteiger partial charge in [0.1, 0.15) is 0 Å². The van der Waals surface area contributed by atoms with Crippen molar-refractivity contribution >= 4 is 32.3 Å². The second-order valence-electron chi connectivity index (χ2n) is 6.70. The highest BCUT2D eigenvalue weighted by molar-refractivity contribution is 7.91. The molecule has 1 aliphatic rings. The number of sulfone groups is 1. The van der Waals surface area contributed by atoms with Gasteiger partial charge in [-0.3, -0.25) is 0 Å². The first kappa shape index (κ1) is 21.8. The predicted molar refractivity (Wildman–Crippen MR) is 107 cm³/mol. The van der Waals surface area contributed by atoms with Gasteiger partial charge in [0.15, 0.2) is 9.84 Å². The molecule has 2 aromatic carbocycles. The Labute approximate surface area is 166 Å². The summed E-state index contributed by atoms with van der Waals surface area (Å²) in [7, 11) is -7.34. The minimum absolute atomic E-state index is 0. The van der Waals surface area contributed by atoms with Gasteiger partial charge in [-0.1, -0.05) is 36.4 Å². The first-order valence-corrected chi connectivity index (χ1v) is 11.6. The first-order chi connectivity index (χ1) is 12.1. The Bertz CT molecular complexity index is 1020. The van der Waals surface area contributed by atoms with E-state index in [2.05, 4.69) is 0 Å². The van der Waals surface area contributed by atoms with Crippen LogP contribution in [0.5, 0.6) is 0 Å². The molecule has 0 radical (unpaired) electrons. The summed E-state index contributed by atoms with van der Waals surface area (Å²) in [5.41, 5.74) is 7.72. The van der Waals surface area contributed by atoms with Gasteiger partial charge >= 0.3 is 0 Å². The Morgan fingerprint density at radius 1 is 1.00 bits per heavy atom. The van der Waals surface area contributed by atoms with E-state index in [0.29, 0.717) is 5.56 Å². The van der Waals surface area contributed by atoms with Gasteiger partial charge < -0.3 is 5.73 Å². The fourth-order valence-corrected chi connectivity index (χ4v) is 5.74. The number of nitrogens with zero attached hydrogens (tertiary/aromatic N) is 1. The largest absolute Gasteiger partial charge is 0.326 e. The van der Waals surface area contributed by atoms with Crippen LogP contribution in [0.15, 0.2) is 58.3 Å². The van der Waals surface area contributed by atoms with Gasteiger partial charge in [0, 0.05) is 31.3 Å². The maximum atomic E-state index is 13.1. The number of aryl methyl sites for hydroxylation is 1. The Hall–Kier alpha value is -1.45. The quantitative estimate of drug-likeness (QED) is 0.799. The fraction of sp³-hybridized carbons (Fsp3) is 0.333. The molecule has 148 valence electrons. The smallest absolute Gasteiger partial charge is 0.243 e. The van der Waals surface area contributed by atoms with Gasteiger partial charge in [-0.05, 0) is 30.2 Å². The molecule has 0 amide bonds. The molecular formula is C18H23ClN2O4S2. The standard InChI is InChI=1S/C18H22N2O4S2.ClH/c1-13-8-9-15(25(2,21)22)10-18(13)26(23,24)20-11-16(17(19)12-20)14-6-4-3-5-7-14;/h3-10,16-17H,11-12,19H2,1-2H3;1H/t16-,17+;/m0./s1. The first-order valence-electron chi connectivity index (χ1n) is 8.22. The van der Waals surface area contributed by atoms with Gasteiger partial charge in [-0.15, -0.1) is 12.4 Å². The summed E-state index contributed by atoms with van der Waals surface area (Å²) in [4.78, 5) is 0.00566. The van der Waals surface area contributed by atoms with E-state index in [1.165, 1.54) is 22.5 Å². The zero-order chi connectivity index (χ0) is 19.1. The van der Waals surface area contributed by atoms with Crippen molar-refractivity contribution in [2.75, 3.05) is 19.3 Å². The molecule has 6 nitrogen and oxygen atoms in total. The molecule has 2 atom stereocenters. The Morgan fingerprint density at radius 3 is 2.22 bits per heavy atom. The van der Waals surface area contributed by atoms with Crippen molar-refractivity contribution in [2.45, 2.75) is 28.7 Å². The van der Waals surface area contributed by atoms with Crippen LogP contribution in [0.25, 0.3) is 0 Å². The summed E-state index contributed by atoms with van der Waals surface area (Å²) < 4.78 is 51.2. The molecule has 0 bridgehead atoms. The number of halogens is 1. The van der Waals surface area contributed by atoms with Crippen molar-refractivity contribution in [1.82, 2.24) is 4.31 Å². The summed E-state index contributed by atoms with van der Waals surface area (Å²) >= 11 is 0. The van der Waals surface area contributed by atoms with E-state index < -0.39 is 19.9 Å². The van der Waals surface area contributed by atoms with Crippen LogP contribution in [0.2, 0.25) is 0 Å². The van der Waals surface area contributed by atoms with Crippen molar-refractivity contribution in [3.05, 3.63) is 59.7 Å². The van der Waals surface area contributed by atoms with Crippen LogP contribution < -0.4 is 5.73 Å². The van der Waals surface area contributed by atoms with Crippen molar-refractivity contribution in [1.29, 1.82) is 0 Å². The normalized spacial score (nSPS) is 21.0. The van der Waals surface area contributed by atoms with Gasteiger partial charge in [0.25, 0.3) is 0 Å². The zero-order valence-electron chi connectivity index (χ0n) is 15.1. The van der Waals surface area contributed by atoms with E-state index >= 15 is 0 Å². The molecule has 1 fully saturated rings. The van der Waals surface area contributed by atoms with Crippen LogP contribution in [0.1, 0.15) is 17.0 Å². The molecule has 1 aliphatic heterocycles. The van der Waals surface area contributed by atoms with Crippen molar-refractivity contribution in [2.24, 2.45) is 5.73 Å². The summed E-state index contributed by atoms with van der Waals surface area (Å²) in [6.45, 7) is 2.13. The monoisotopic (exact) mass is 430 g/mol. The Balaban J connectivity index is 0.00000261. The molecule has 1 heterocycles. The van der Waals surface area contributed by atoms with Crippen LogP contribution in [-0.4, -0.2) is 46.5 Å². The van der Waals surface area contributed by atoms with E-state index in [4.69, 9.17) is 5.73 Å². The average Bonchev–Trinajstić information content (AvgIpc) is 2.97. The highest BCUT2D eigenvalue weighted by atomic mass is 35.5.